The molecule has 0 aliphatic heterocycles. The minimum absolute atomic E-state index is 0.328. The summed E-state index contributed by atoms with van der Waals surface area (Å²) in [7, 11) is 0. The summed E-state index contributed by atoms with van der Waals surface area (Å²) in [5, 5.41) is 10.7. The zero-order valence-electron chi connectivity index (χ0n) is 11.5. The molecule has 4 nitrogen and oxygen atoms in total. The Balaban J connectivity index is 2.97. The van der Waals surface area contributed by atoms with E-state index in [0.717, 1.165) is 25.7 Å². The highest BCUT2D eigenvalue weighted by molar-refractivity contribution is 5.37. The second-order valence-electron chi connectivity index (χ2n) is 5.00. The predicted molar refractivity (Wildman–Crippen MR) is 73.5 cm³/mol. The summed E-state index contributed by atoms with van der Waals surface area (Å²) in [6, 6.07) is 4.26. The predicted octanol–water partition coefficient (Wildman–Crippen LogP) is 3.57. The van der Waals surface area contributed by atoms with Crippen LogP contribution >= 0.6 is 0 Å². The summed E-state index contributed by atoms with van der Waals surface area (Å²) < 4.78 is 14.0. The van der Waals surface area contributed by atoms with Gasteiger partial charge in [0.15, 0.2) is 0 Å². The molecule has 0 saturated heterocycles. The van der Waals surface area contributed by atoms with E-state index in [1.165, 1.54) is 12.1 Å². The zero-order valence-corrected chi connectivity index (χ0v) is 11.5. The van der Waals surface area contributed by atoms with Crippen molar-refractivity contribution in [2.45, 2.75) is 51.5 Å². The van der Waals surface area contributed by atoms with E-state index in [1.54, 1.807) is 6.07 Å². The molecular weight excluding hydrogens is 247 g/mol. The Bertz CT molecular complexity index is 451. The van der Waals surface area contributed by atoms with Crippen LogP contribution in [0.5, 0.6) is 0 Å². The van der Waals surface area contributed by atoms with E-state index in [9.17, 15) is 14.5 Å². The maximum absolute atomic E-state index is 14.0. The third kappa shape index (κ3) is 3.99. The van der Waals surface area contributed by atoms with Crippen molar-refractivity contribution < 1.29 is 9.31 Å². The van der Waals surface area contributed by atoms with Crippen molar-refractivity contribution >= 4 is 5.69 Å². The molecule has 0 heterocycles. The topological polar surface area (TPSA) is 69.2 Å². The van der Waals surface area contributed by atoms with Crippen LogP contribution in [0.2, 0.25) is 0 Å². The average Bonchev–Trinajstić information content (AvgIpc) is 2.38. The van der Waals surface area contributed by atoms with E-state index < -0.39 is 22.0 Å². The SMILES string of the molecule is CCCCC(N)(CC)Cc1cccc([N+](=O)[O-])c1F. The van der Waals surface area contributed by atoms with Crippen LogP contribution in [-0.4, -0.2) is 10.5 Å². The first-order chi connectivity index (χ1) is 8.93. The van der Waals surface area contributed by atoms with Crippen molar-refractivity contribution in [3.63, 3.8) is 0 Å². The van der Waals surface area contributed by atoms with Crippen molar-refractivity contribution in [1.29, 1.82) is 0 Å². The summed E-state index contributed by atoms with van der Waals surface area (Å²) in [6.07, 6.45) is 3.84. The first-order valence-electron chi connectivity index (χ1n) is 6.64. The Morgan fingerprint density at radius 2 is 2.11 bits per heavy atom. The van der Waals surface area contributed by atoms with Gasteiger partial charge in [0.25, 0.3) is 0 Å². The molecule has 106 valence electrons. The normalized spacial score (nSPS) is 14.1. The van der Waals surface area contributed by atoms with Gasteiger partial charge in [-0.15, -0.1) is 0 Å². The lowest BCUT2D eigenvalue weighted by Crippen LogP contribution is -2.41. The molecule has 0 aliphatic rings. The third-order valence-electron chi connectivity index (χ3n) is 3.53. The fraction of sp³-hybridized carbons (Fsp3) is 0.571. The number of benzene rings is 1. The molecule has 0 aromatic heterocycles. The lowest BCUT2D eigenvalue weighted by atomic mass is 9.84. The number of nitrogens with two attached hydrogens (primary N) is 1. The number of nitro groups is 1. The smallest absolute Gasteiger partial charge is 0.305 e. The lowest BCUT2D eigenvalue weighted by Gasteiger charge is -2.28. The van der Waals surface area contributed by atoms with Gasteiger partial charge in [-0.1, -0.05) is 38.8 Å². The summed E-state index contributed by atoms with van der Waals surface area (Å²) in [5.41, 5.74) is 5.63. The number of nitro benzene ring substituents is 1. The van der Waals surface area contributed by atoms with Gasteiger partial charge >= 0.3 is 5.69 Å². The largest absolute Gasteiger partial charge is 0.325 e. The molecule has 1 aromatic carbocycles. The molecule has 1 rings (SSSR count). The number of rotatable bonds is 7. The number of halogens is 1. The second-order valence-corrected chi connectivity index (χ2v) is 5.00. The first-order valence-corrected chi connectivity index (χ1v) is 6.64. The highest BCUT2D eigenvalue weighted by Gasteiger charge is 2.26. The Morgan fingerprint density at radius 1 is 1.42 bits per heavy atom. The van der Waals surface area contributed by atoms with Crippen LogP contribution in [0, 0.1) is 15.9 Å². The Kier molecular flexibility index (Phi) is 5.42. The van der Waals surface area contributed by atoms with Crippen molar-refractivity contribution in [1.82, 2.24) is 0 Å². The number of hydrogen-bond acceptors (Lipinski definition) is 3. The van der Waals surface area contributed by atoms with Crippen LogP contribution in [0.25, 0.3) is 0 Å². The highest BCUT2D eigenvalue weighted by Crippen LogP contribution is 2.26. The molecule has 0 bridgehead atoms. The molecule has 1 unspecified atom stereocenters. The molecule has 2 N–H and O–H groups in total. The van der Waals surface area contributed by atoms with Crippen molar-refractivity contribution in [3.05, 3.63) is 39.7 Å². The van der Waals surface area contributed by atoms with Gasteiger partial charge in [0.2, 0.25) is 5.82 Å². The van der Waals surface area contributed by atoms with E-state index in [4.69, 9.17) is 5.73 Å². The summed E-state index contributed by atoms with van der Waals surface area (Å²) in [4.78, 5) is 10.0. The van der Waals surface area contributed by atoms with E-state index in [0.29, 0.717) is 12.0 Å². The monoisotopic (exact) mass is 268 g/mol. The molecule has 1 aromatic rings. The van der Waals surface area contributed by atoms with Crippen molar-refractivity contribution in [2.75, 3.05) is 0 Å². The molecule has 19 heavy (non-hydrogen) atoms. The van der Waals surface area contributed by atoms with Gasteiger partial charge in [-0.05, 0) is 24.8 Å². The Morgan fingerprint density at radius 3 is 2.63 bits per heavy atom. The van der Waals surface area contributed by atoms with Gasteiger partial charge in [0.1, 0.15) is 0 Å². The maximum atomic E-state index is 14.0. The second kappa shape index (κ2) is 6.61. The zero-order chi connectivity index (χ0) is 14.5. The molecule has 0 amide bonds. The molecule has 5 heteroatoms. The standard InChI is InChI=1S/C14H21FN2O2/c1-3-5-9-14(16,4-2)10-11-7-6-8-12(13(11)15)17(18)19/h6-8H,3-5,9-10,16H2,1-2H3. The van der Waals surface area contributed by atoms with Gasteiger partial charge in [0, 0.05) is 11.6 Å². The Labute approximate surface area is 113 Å². The van der Waals surface area contributed by atoms with Gasteiger partial charge in [-0.3, -0.25) is 10.1 Å². The minimum Gasteiger partial charge on any atom is -0.325 e. The quantitative estimate of drug-likeness (QED) is 0.607. The van der Waals surface area contributed by atoms with E-state index in [-0.39, 0.29) is 0 Å². The van der Waals surface area contributed by atoms with Gasteiger partial charge in [0.05, 0.1) is 4.92 Å². The lowest BCUT2D eigenvalue weighted by molar-refractivity contribution is -0.387. The maximum Gasteiger partial charge on any atom is 0.305 e. The molecule has 0 spiro atoms. The summed E-state index contributed by atoms with van der Waals surface area (Å²) in [5.74, 6) is -0.757. The fourth-order valence-electron chi connectivity index (χ4n) is 2.14. The van der Waals surface area contributed by atoms with Crippen LogP contribution < -0.4 is 5.73 Å². The summed E-state index contributed by atoms with van der Waals surface area (Å²) >= 11 is 0. The number of nitrogens with zero attached hydrogens (tertiary/aromatic N) is 1. The van der Waals surface area contributed by atoms with Crippen LogP contribution in [-0.2, 0) is 6.42 Å². The molecule has 0 aliphatic carbocycles. The van der Waals surface area contributed by atoms with E-state index in [2.05, 4.69) is 6.92 Å². The van der Waals surface area contributed by atoms with Crippen LogP contribution in [0.4, 0.5) is 10.1 Å². The average molecular weight is 268 g/mol. The molecular formula is C14H21FN2O2. The van der Waals surface area contributed by atoms with E-state index in [1.807, 2.05) is 6.92 Å². The van der Waals surface area contributed by atoms with Crippen LogP contribution in [0.3, 0.4) is 0 Å². The third-order valence-corrected chi connectivity index (χ3v) is 3.53. The Hall–Kier alpha value is -1.49. The molecule has 1 atom stereocenters. The van der Waals surface area contributed by atoms with Crippen molar-refractivity contribution in [2.24, 2.45) is 5.73 Å². The fourth-order valence-corrected chi connectivity index (χ4v) is 2.14. The number of unbranched alkanes of at least 4 members (excludes halogenated alkanes) is 1. The molecule has 0 saturated carbocycles. The van der Waals surface area contributed by atoms with E-state index >= 15 is 0 Å². The molecule has 0 fully saturated rings. The van der Waals surface area contributed by atoms with Gasteiger partial charge < -0.3 is 5.73 Å². The first kappa shape index (κ1) is 15.6. The minimum atomic E-state index is -0.757. The summed E-state index contributed by atoms with van der Waals surface area (Å²) in [6.45, 7) is 4.04. The van der Waals surface area contributed by atoms with Gasteiger partial charge in [-0.25, -0.2) is 0 Å². The highest BCUT2D eigenvalue weighted by atomic mass is 19.1. The van der Waals surface area contributed by atoms with Crippen molar-refractivity contribution in [3.8, 4) is 0 Å². The van der Waals surface area contributed by atoms with Crippen LogP contribution in [0.1, 0.15) is 45.1 Å². The molecule has 0 radical (unpaired) electrons. The van der Waals surface area contributed by atoms with Gasteiger partial charge in [-0.2, -0.15) is 4.39 Å². The van der Waals surface area contributed by atoms with Crippen LogP contribution in [0.15, 0.2) is 18.2 Å². The number of hydrogen-bond donors (Lipinski definition) is 1.